The Bertz CT molecular complexity index is 470. The fraction of sp³-hybridized carbons (Fsp3) is 0.600. The van der Waals surface area contributed by atoms with E-state index in [0.717, 1.165) is 24.3 Å². The van der Waals surface area contributed by atoms with Crippen LogP contribution in [-0.2, 0) is 10.8 Å². The first-order chi connectivity index (χ1) is 8.54. The normalized spacial score (nSPS) is 27.0. The van der Waals surface area contributed by atoms with Gasteiger partial charge in [0.2, 0.25) is 0 Å². The molecule has 1 aliphatic heterocycles. The average Bonchev–Trinajstić information content (AvgIpc) is 2.31. The molecule has 0 fully saturated rings. The molecular formula is C15H23NOS. The molecule has 1 aromatic carbocycles. The van der Waals surface area contributed by atoms with Crippen LogP contribution in [0.15, 0.2) is 17.0 Å². The standard InChI is InChI=1S/C15H23NOS/c1-5-6-16-14-9-12(4)18(17)15-11(3)7-10(2)8-13(14)15/h7-8,12,14,16H,5-6,9H2,1-4H3. The van der Waals surface area contributed by atoms with E-state index >= 15 is 0 Å². The van der Waals surface area contributed by atoms with Gasteiger partial charge in [-0.3, -0.25) is 4.21 Å². The third kappa shape index (κ3) is 2.52. The summed E-state index contributed by atoms with van der Waals surface area (Å²) in [5.41, 5.74) is 3.71. The second-order valence-electron chi connectivity index (χ2n) is 5.35. The van der Waals surface area contributed by atoms with Gasteiger partial charge in [-0.05, 0) is 44.4 Å². The molecule has 0 radical (unpaired) electrons. The van der Waals surface area contributed by atoms with E-state index in [1.165, 1.54) is 16.7 Å². The number of nitrogens with one attached hydrogen (secondary N) is 1. The predicted molar refractivity (Wildman–Crippen MR) is 77.4 cm³/mol. The highest BCUT2D eigenvalue weighted by Gasteiger charge is 2.31. The number of rotatable bonds is 3. The largest absolute Gasteiger partial charge is 0.310 e. The summed E-state index contributed by atoms with van der Waals surface area (Å²) in [6.45, 7) is 9.50. The molecule has 100 valence electrons. The Morgan fingerprint density at radius 2 is 2.11 bits per heavy atom. The monoisotopic (exact) mass is 265 g/mol. The van der Waals surface area contributed by atoms with Gasteiger partial charge in [-0.15, -0.1) is 0 Å². The first kappa shape index (κ1) is 13.8. The first-order valence-electron chi connectivity index (χ1n) is 6.79. The minimum absolute atomic E-state index is 0.244. The lowest BCUT2D eigenvalue weighted by Gasteiger charge is -2.31. The van der Waals surface area contributed by atoms with Crippen LogP contribution in [0.25, 0.3) is 0 Å². The maximum atomic E-state index is 12.5. The number of hydrogen-bond acceptors (Lipinski definition) is 2. The summed E-state index contributed by atoms with van der Waals surface area (Å²) in [6.07, 6.45) is 2.11. The Labute approximate surface area is 113 Å². The molecule has 0 saturated heterocycles. The van der Waals surface area contributed by atoms with E-state index in [9.17, 15) is 4.21 Å². The van der Waals surface area contributed by atoms with Gasteiger partial charge in [0, 0.05) is 16.2 Å². The number of benzene rings is 1. The van der Waals surface area contributed by atoms with Gasteiger partial charge in [-0.2, -0.15) is 0 Å². The van der Waals surface area contributed by atoms with E-state index in [-0.39, 0.29) is 5.25 Å². The lowest BCUT2D eigenvalue weighted by atomic mass is 9.97. The Balaban J connectivity index is 2.45. The second kappa shape index (κ2) is 5.54. The van der Waals surface area contributed by atoms with E-state index in [1.807, 2.05) is 0 Å². The number of hydrogen-bond donors (Lipinski definition) is 1. The fourth-order valence-corrected chi connectivity index (χ4v) is 4.36. The average molecular weight is 265 g/mol. The molecule has 2 rings (SSSR count). The summed E-state index contributed by atoms with van der Waals surface area (Å²) >= 11 is 0. The molecule has 3 unspecified atom stereocenters. The van der Waals surface area contributed by atoms with Crippen LogP contribution in [0.1, 0.15) is 49.4 Å². The smallest absolute Gasteiger partial charge is 0.0564 e. The maximum absolute atomic E-state index is 12.5. The van der Waals surface area contributed by atoms with Crippen LogP contribution in [0.2, 0.25) is 0 Å². The summed E-state index contributed by atoms with van der Waals surface area (Å²) in [5.74, 6) is 0. The van der Waals surface area contributed by atoms with Gasteiger partial charge >= 0.3 is 0 Å². The quantitative estimate of drug-likeness (QED) is 0.909. The van der Waals surface area contributed by atoms with Gasteiger partial charge in [0.05, 0.1) is 10.8 Å². The maximum Gasteiger partial charge on any atom is 0.0564 e. The van der Waals surface area contributed by atoms with Crippen LogP contribution in [0.3, 0.4) is 0 Å². The summed E-state index contributed by atoms with van der Waals surface area (Å²) in [4.78, 5) is 1.08. The van der Waals surface area contributed by atoms with Crippen molar-refractivity contribution in [2.75, 3.05) is 6.54 Å². The Morgan fingerprint density at radius 3 is 2.78 bits per heavy atom. The van der Waals surface area contributed by atoms with E-state index in [2.05, 4.69) is 45.1 Å². The molecule has 2 nitrogen and oxygen atoms in total. The summed E-state index contributed by atoms with van der Waals surface area (Å²) in [6, 6.07) is 4.72. The highest BCUT2D eigenvalue weighted by Crippen LogP contribution is 2.36. The lowest BCUT2D eigenvalue weighted by molar-refractivity contribution is 0.477. The zero-order valence-corrected chi connectivity index (χ0v) is 12.6. The van der Waals surface area contributed by atoms with Crippen LogP contribution >= 0.6 is 0 Å². The van der Waals surface area contributed by atoms with E-state index in [1.54, 1.807) is 0 Å². The van der Waals surface area contributed by atoms with E-state index in [4.69, 9.17) is 0 Å². The van der Waals surface area contributed by atoms with E-state index < -0.39 is 10.8 Å². The Kier molecular flexibility index (Phi) is 4.23. The third-order valence-corrected chi connectivity index (χ3v) is 5.48. The van der Waals surface area contributed by atoms with Gasteiger partial charge < -0.3 is 5.32 Å². The molecule has 0 amide bonds. The summed E-state index contributed by atoms with van der Waals surface area (Å²) in [5, 5.41) is 3.84. The van der Waals surface area contributed by atoms with Crippen LogP contribution in [0.4, 0.5) is 0 Å². The SMILES string of the molecule is CCCNC1CC(C)S(=O)c2c(C)cc(C)cc21. The molecule has 3 heteroatoms. The van der Waals surface area contributed by atoms with Crippen molar-refractivity contribution < 1.29 is 4.21 Å². The van der Waals surface area contributed by atoms with Gasteiger partial charge in [-0.1, -0.05) is 31.5 Å². The van der Waals surface area contributed by atoms with Crippen LogP contribution < -0.4 is 5.32 Å². The molecule has 0 aromatic heterocycles. The van der Waals surface area contributed by atoms with Crippen molar-refractivity contribution in [1.82, 2.24) is 5.32 Å². The molecule has 1 aliphatic rings. The van der Waals surface area contributed by atoms with Gasteiger partial charge in [0.25, 0.3) is 0 Å². The highest BCUT2D eigenvalue weighted by molar-refractivity contribution is 7.85. The van der Waals surface area contributed by atoms with Crippen molar-refractivity contribution in [2.45, 2.75) is 56.7 Å². The van der Waals surface area contributed by atoms with Crippen LogP contribution in [0.5, 0.6) is 0 Å². The minimum Gasteiger partial charge on any atom is -0.310 e. The molecule has 1 N–H and O–H groups in total. The molecule has 1 heterocycles. The Morgan fingerprint density at radius 1 is 1.39 bits per heavy atom. The van der Waals surface area contributed by atoms with Crippen molar-refractivity contribution in [3.8, 4) is 0 Å². The number of aryl methyl sites for hydroxylation is 2. The summed E-state index contributed by atoms with van der Waals surface area (Å²) in [7, 11) is -0.846. The van der Waals surface area contributed by atoms with Crippen molar-refractivity contribution in [1.29, 1.82) is 0 Å². The van der Waals surface area contributed by atoms with Gasteiger partial charge in [0.15, 0.2) is 0 Å². The Hall–Kier alpha value is -0.670. The molecule has 0 aliphatic carbocycles. The topological polar surface area (TPSA) is 29.1 Å². The molecule has 1 aromatic rings. The lowest BCUT2D eigenvalue weighted by Crippen LogP contribution is -2.32. The third-order valence-electron chi connectivity index (χ3n) is 3.60. The van der Waals surface area contributed by atoms with Crippen molar-refractivity contribution in [2.24, 2.45) is 0 Å². The minimum atomic E-state index is -0.846. The first-order valence-corrected chi connectivity index (χ1v) is 8.01. The van der Waals surface area contributed by atoms with Gasteiger partial charge in [-0.25, -0.2) is 0 Å². The van der Waals surface area contributed by atoms with Gasteiger partial charge in [0.1, 0.15) is 0 Å². The van der Waals surface area contributed by atoms with Crippen LogP contribution in [0, 0.1) is 13.8 Å². The summed E-state index contributed by atoms with van der Waals surface area (Å²) < 4.78 is 12.5. The molecule has 0 bridgehead atoms. The molecule has 0 spiro atoms. The fourth-order valence-electron chi connectivity index (χ4n) is 2.78. The predicted octanol–water partition coefficient (Wildman–Crippen LogP) is 3.24. The van der Waals surface area contributed by atoms with Crippen LogP contribution in [-0.4, -0.2) is 16.0 Å². The zero-order valence-electron chi connectivity index (χ0n) is 11.7. The highest BCUT2D eigenvalue weighted by atomic mass is 32.2. The van der Waals surface area contributed by atoms with Crippen molar-refractivity contribution >= 4 is 10.8 Å². The zero-order chi connectivity index (χ0) is 13.3. The van der Waals surface area contributed by atoms with Crippen molar-refractivity contribution in [3.05, 3.63) is 28.8 Å². The van der Waals surface area contributed by atoms with E-state index in [0.29, 0.717) is 6.04 Å². The molecule has 18 heavy (non-hydrogen) atoms. The number of fused-ring (bicyclic) bond motifs is 1. The van der Waals surface area contributed by atoms with Crippen molar-refractivity contribution in [3.63, 3.8) is 0 Å². The molecule has 0 saturated carbocycles. The second-order valence-corrected chi connectivity index (χ2v) is 7.16. The molecular weight excluding hydrogens is 242 g/mol. The molecule has 3 atom stereocenters.